The van der Waals surface area contributed by atoms with Crippen LogP contribution in [0.1, 0.15) is 44.9 Å². The predicted molar refractivity (Wildman–Crippen MR) is 63.5 cm³/mol. The molecule has 1 N–H and O–H groups in total. The summed E-state index contributed by atoms with van der Waals surface area (Å²) in [5.74, 6) is -0.786. The Hall–Kier alpha value is -1.04. The number of imide groups is 1. The van der Waals surface area contributed by atoms with Gasteiger partial charge in [0.25, 0.3) is 6.43 Å². The Morgan fingerprint density at radius 3 is 2.26 bits per heavy atom. The molecule has 108 valence electrons. The molecule has 0 aromatic carbocycles. The number of β-amino-alcohol motifs (C(OH)–C–C–N with tert-alkyl or cyclic N) is 1. The molecule has 0 bridgehead atoms. The molecular formula is C13H19F2NO3. The van der Waals surface area contributed by atoms with E-state index in [0.29, 0.717) is 12.8 Å². The zero-order valence-corrected chi connectivity index (χ0v) is 10.8. The Balaban J connectivity index is 2.11. The Bertz CT molecular complexity index is 365. The minimum absolute atomic E-state index is 0.113. The van der Waals surface area contributed by atoms with E-state index in [0.717, 1.165) is 30.6 Å². The number of aliphatic hydroxyl groups excluding tert-OH is 1. The zero-order chi connectivity index (χ0) is 14.0. The first-order chi connectivity index (χ1) is 8.96. The lowest BCUT2D eigenvalue weighted by Crippen LogP contribution is -2.42. The summed E-state index contributed by atoms with van der Waals surface area (Å²) >= 11 is 0. The summed E-state index contributed by atoms with van der Waals surface area (Å²) < 4.78 is 24.7. The van der Waals surface area contributed by atoms with Gasteiger partial charge in [0, 0.05) is 6.42 Å². The van der Waals surface area contributed by atoms with Gasteiger partial charge < -0.3 is 5.11 Å². The fraction of sp³-hybridized carbons (Fsp3) is 0.846. The Morgan fingerprint density at radius 1 is 1.16 bits per heavy atom. The van der Waals surface area contributed by atoms with Crippen LogP contribution in [0, 0.1) is 5.41 Å². The Kier molecular flexibility index (Phi) is 4.18. The summed E-state index contributed by atoms with van der Waals surface area (Å²) in [5, 5.41) is 9.17. The number of aliphatic hydroxyl groups is 1. The molecule has 19 heavy (non-hydrogen) atoms. The Morgan fingerprint density at radius 2 is 1.74 bits per heavy atom. The Labute approximate surface area is 110 Å². The van der Waals surface area contributed by atoms with E-state index in [9.17, 15) is 18.4 Å². The van der Waals surface area contributed by atoms with Gasteiger partial charge in [0.15, 0.2) is 0 Å². The van der Waals surface area contributed by atoms with Crippen LogP contribution in [-0.4, -0.2) is 40.9 Å². The number of carbonyl (C=O) groups is 2. The number of rotatable bonds is 3. The molecule has 2 amide bonds. The lowest BCUT2D eigenvalue weighted by atomic mass is 9.79. The van der Waals surface area contributed by atoms with Crippen molar-refractivity contribution in [3.8, 4) is 0 Å². The van der Waals surface area contributed by atoms with Crippen molar-refractivity contribution in [1.29, 1.82) is 0 Å². The van der Waals surface area contributed by atoms with Crippen molar-refractivity contribution in [2.45, 2.75) is 57.5 Å². The lowest BCUT2D eigenvalue weighted by Gasteiger charge is -2.25. The van der Waals surface area contributed by atoms with Gasteiger partial charge in [-0.05, 0) is 12.8 Å². The minimum Gasteiger partial charge on any atom is -0.385 e. The van der Waals surface area contributed by atoms with Crippen LogP contribution in [0.3, 0.4) is 0 Å². The van der Waals surface area contributed by atoms with Gasteiger partial charge in [-0.3, -0.25) is 14.5 Å². The van der Waals surface area contributed by atoms with Crippen LogP contribution in [0.25, 0.3) is 0 Å². The van der Waals surface area contributed by atoms with Gasteiger partial charge >= 0.3 is 0 Å². The average molecular weight is 275 g/mol. The molecule has 4 nitrogen and oxygen atoms in total. The maximum Gasteiger partial charge on any atom is 0.265 e. The van der Waals surface area contributed by atoms with Crippen LogP contribution in [-0.2, 0) is 9.59 Å². The number of hydrogen-bond acceptors (Lipinski definition) is 3. The highest BCUT2D eigenvalue weighted by Gasteiger charge is 2.51. The number of alkyl halides is 2. The number of hydrogen-bond donors (Lipinski definition) is 1. The molecule has 1 heterocycles. The molecule has 1 spiro atoms. The second-order valence-electron chi connectivity index (χ2n) is 5.58. The fourth-order valence-corrected chi connectivity index (χ4v) is 3.11. The van der Waals surface area contributed by atoms with Crippen molar-refractivity contribution in [2.24, 2.45) is 5.41 Å². The summed E-state index contributed by atoms with van der Waals surface area (Å²) in [6, 6.07) is 0. The van der Waals surface area contributed by atoms with Crippen LogP contribution in [0.5, 0.6) is 0 Å². The molecule has 2 fully saturated rings. The average Bonchev–Trinajstić information content (AvgIpc) is 2.56. The van der Waals surface area contributed by atoms with Gasteiger partial charge in [0.1, 0.15) is 6.10 Å². The first kappa shape index (κ1) is 14.4. The van der Waals surface area contributed by atoms with Crippen molar-refractivity contribution in [3.63, 3.8) is 0 Å². The molecule has 2 aliphatic rings. The fourth-order valence-electron chi connectivity index (χ4n) is 3.11. The SMILES string of the molecule is O=C1CC2(CCCCCC2)C(=O)N1CC(O)C(F)F. The first-order valence-corrected chi connectivity index (χ1v) is 6.77. The van der Waals surface area contributed by atoms with E-state index in [-0.39, 0.29) is 12.3 Å². The predicted octanol–water partition coefficient (Wildman–Crippen LogP) is 1.71. The highest BCUT2D eigenvalue weighted by atomic mass is 19.3. The van der Waals surface area contributed by atoms with E-state index in [1.165, 1.54) is 0 Å². The normalized spacial score (nSPS) is 25.2. The summed E-state index contributed by atoms with van der Waals surface area (Å²) in [4.78, 5) is 25.1. The van der Waals surface area contributed by atoms with Crippen molar-refractivity contribution >= 4 is 11.8 Å². The van der Waals surface area contributed by atoms with Crippen molar-refractivity contribution in [2.75, 3.05) is 6.54 Å². The van der Waals surface area contributed by atoms with E-state index in [4.69, 9.17) is 5.11 Å². The lowest BCUT2D eigenvalue weighted by molar-refractivity contribution is -0.145. The molecule has 0 aromatic heterocycles. The van der Waals surface area contributed by atoms with Crippen LogP contribution in [0.4, 0.5) is 8.78 Å². The van der Waals surface area contributed by atoms with Gasteiger partial charge in [-0.25, -0.2) is 8.78 Å². The van der Waals surface area contributed by atoms with E-state index in [1.54, 1.807) is 0 Å². The second-order valence-corrected chi connectivity index (χ2v) is 5.58. The van der Waals surface area contributed by atoms with Crippen LogP contribution in [0.2, 0.25) is 0 Å². The molecule has 1 atom stereocenters. The molecule has 2 rings (SSSR count). The highest BCUT2D eigenvalue weighted by Crippen LogP contribution is 2.44. The third kappa shape index (κ3) is 2.78. The molecule has 0 radical (unpaired) electrons. The van der Waals surface area contributed by atoms with E-state index in [2.05, 4.69) is 0 Å². The van der Waals surface area contributed by atoms with Crippen molar-refractivity contribution < 1.29 is 23.5 Å². The number of carbonyl (C=O) groups excluding carboxylic acids is 2. The van der Waals surface area contributed by atoms with E-state index in [1.807, 2.05) is 0 Å². The molecule has 1 aliphatic carbocycles. The minimum atomic E-state index is -2.94. The standard InChI is InChI=1S/C13H19F2NO3/c14-11(15)9(17)8-16-10(18)7-13(12(16)19)5-3-1-2-4-6-13/h9,11,17H,1-8H2. The van der Waals surface area contributed by atoms with E-state index < -0.39 is 30.4 Å². The molecule has 1 saturated carbocycles. The monoisotopic (exact) mass is 275 g/mol. The molecule has 6 heteroatoms. The number of likely N-dealkylation sites (tertiary alicyclic amines) is 1. The quantitative estimate of drug-likeness (QED) is 0.798. The zero-order valence-electron chi connectivity index (χ0n) is 10.8. The van der Waals surface area contributed by atoms with Gasteiger partial charge in [0.05, 0.1) is 12.0 Å². The topological polar surface area (TPSA) is 57.6 Å². The third-order valence-electron chi connectivity index (χ3n) is 4.21. The van der Waals surface area contributed by atoms with Crippen LogP contribution < -0.4 is 0 Å². The van der Waals surface area contributed by atoms with Crippen molar-refractivity contribution in [1.82, 2.24) is 4.90 Å². The molecule has 1 aliphatic heterocycles. The number of nitrogens with zero attached hydrogens (tertiary/aromatic N) is 1. The number of halogens is 2. The largest absolute Gasteiger partial charge is 0.385 e. The van der Waals surface area contributed by atoms with Crippen LogP contribution >= 0.6 is 0 Å². The highest BCUT2D eigenvalue weighted by molar-refractivity contribution is 6.05. The van der Waals surface area contributed by atoms with E-state index >= 15 is 0 Å². The van der Waals surface area contributed by atoms with Crippen molar-refractivity contribution in [3.05, 3.63) is 0 Å². The summed E-state index contributed by atoms with van der Waals surface area (Å²) in [7, 11) is 0. The molecule has 1 unspecified atom stereocenters. The van der Waals surface area contributed by atoms with Gasteiger partial charge in [-0.15, -0.1) is 0 Å². The van der Waals surface area contributed by atoms with Gasteiger partial charge in [0.2, 0.25) is 11.8 Å². The second kappa shape index (κ2) is 5.53. The summed E-state index contributed by atoms with van der Waals surface area (Å²) in [6.07, 6.45) is 0.403. The number of amides is 2. The maximum atomic E-state index is 12.4. The van der Waals surface area contributed by atoms with Crippen LogP contribution in [0.15, 0.2) is 0 Å². The summed E-state index contributed by atoms with van der Waals surface area (Å²) in [6.45, 7) is -0.586. The first-order valence-electron chi connectivity index (χ1n) is 6.77. The van der Waals surface area contributed by atoms with Gasteiger partial charge in [-0.1, -0.05) is 25.7 Å². The maximum absolute atomic E-state index is 12.4. The smallest absolute Gasteiger partial charge is 0.265 e. The summed E-state index contributed by atoms with van der Waals surface area (Å²) in [5.41, 5.74) is -0.685. The third-order valence-corrected chi connectivity index (χ3v) is 4.21. The molecule has 1 saturated heterocycles. The van der Waals surface area contributed by atoms with Gasteiger partial charge in [-0.2, -0.15) is 0 Å². The molecule has 0 aromatic rings. The molecular weight excluding hydrogens is 256 g/mol.